The molecule has 0 aliphatic heterocycles. The second-order valence-corrected chi connectivity index (χ2v) is 5.11. The fourth-order valence-electron chi connectivity index (χ4n) is 1.86. The van der Waals surface area contributed by atoms with Crippen LogP contribution in [0, 0.1) is 5.92 Å². The zero-order valence-corrected chi connectivity index (χ0v) is 13.8. The molecule has 0 saturated carbocycles. The molecule has 5 heteroatoms. The Morgan fingerprint density at radius 3 is 2.32 bits per heavy atom. The molecule has 5 nitrogen and oxygen atoms in total. The van der Waals surface area contributed by atoms with Crippen LogP contribution < -0.4 is 14.2 Å². The fourth-order valence-corrected chi connectivity index (χ4v) is 1.86. The Balaban J connectivity index is 2.84. The molecule has 0 N–H and O–H groups in total. The largest absolute Gasteiger partial charge is 0.493 e. The van der Waals surface area contributed by atoms with Crippen molar-refractivity contribution in [2.24, 2.45) is 5.92 Å². The lowest BCUT2D eigenvalue weighted by Gasteiger charge is -2.13. The number of benzene rings is 1. The fraction of sp³-hybridized carbons (Fsp3) is 0.471. The molecule has 0 bridgehead atoms. The van der Waals surface area contributed by atoms with Gasteiger partial charge < -0.3 is 18.9 Å². The summed E-state index contributed by atoms with van der Waals surface area (Å²) >= 11 is 0. The standard InChI is InChI=1S/C17H24O5/c1-12(2)10-11-22-15(18)9-7-13-6-8-14(19-3)17(21-5)16(13)20-4/h6-9,12H,10-11H2,1-5H3/b9-7+. The van der Waals surface area contributed by atoms with Crippen molar-refractivity contribution in [1.29, 1.82) is 0 Å². The summed E-state index contributed by atoms with van der Waals surface area (Å²) in [6, 6.07) is 3.54. The first-order valence-electron chi connectivity index (χ1n) is 7.17. The maximum absolute atomic E-state index is 11.7. The number of ether oxygens (including phenoxy) is 4. The predicted octanol–water partition coefficient (Wildman–Crippen LogP) is 3.31. The lowest BCUT2D eigenvalue weighted by atomic mass is 10.1. The molecule has 122 valence electrons. The van der Waals surface area contributed by atoms with Gasteiger partial charge in [0.1, 0.15) is 0 Å². The molecule has 0 fully saturated rings. The minimum absolute atomic E-state index is 0.377. The van der Waals surface area contributed by atoms with Crippen LogP contribution in [-0.2, 0) is 9.53 Å². The Morgan fingerprint density at radius 2 is 1.77 bits per heavy atom. The average molecular weight is 308 g/mol. The van der Waals surface area contributed by atoms with Crippen LogP contribution in [0.1, 0.15) is 25.8 Å². The molecule has 22 heavy (non-hydrogen) atoms. The van der Waals surface area contributed by atoms with Crippen molar-refractivity contribution in [3.05, 3.63) is 23.8 Å². The number of carbonyl (C=O) groups excluding carboxylic acids is 1. The molecule has 1 aromatic rings. The van der Waals surface area contributed by atoms with Crippen LogP contribution in [0.3, 0.4) is 0 Å². The molecular weight excluding hydrogens is 284 g/mol. The Kier molecular flexibility index (Phi) is 7.29. The van der Waals surface area contributed by atoms with E-state index in [9.17, 15) is 4.79 Å². The van der Waals surface area contributed by atoms with Crippen LogP contribution in [0.2, 0.25) is 0 Å². The molecule has 0 saturated heterocycles. The highest BCUT2D eigenvalue weighted by molar-refractivity contribution is 5.88. The van der Waals surface area contributed by atoms with Crippen molar-refractivity contribution in [1.82, 2.24) is 0 Å². The third-order valence-electron chi connectivity index (χ3n) is 3.07. The lowest BCUT2D eigenvalue weighted by Crippen LogP contribution is -2.04. The van der Waals surface area contributed by atoms with Gasteiger partial charge in [0.05, 0.1) is 27.9 Å². The van der Waals surface area contributed by atoms with Crippen molar-refractivity contribution >= 4 is 12.0 Å². The SMILES string of the molecule is COc1ccc(/C=C/C(=O)OCCC(C)C)c(OC)c1OC. The van der Waals surface area contributed by atoms with E-state index in [2.05, 4.69) is 13.8 Å². The van der Waals surface area contributed by atoms with Gasteiger partial charge in [-0.1, -0.05) is 13.8 Å². The molecule has 0 atom stereocenters. The minimum atomic E-state index is -0.377. The van der Waals surface area contributed by atoms with E-state index in [-0.39, 0.29) is 5.97 Å². The van der Waals surface area contributed by atoms with E-state index in [0.717, 1.165) is 6.42 Å². The normalized spacial score (nSPS) is 10.8. The van der Waals surface area contributed by atoms with E-state index in [1.807, 2.05) is 0 Å². The van der Waals surface area contributed by atoms with Gasteiger partial charge in [0.2, 0.25) is 5.75 Å². The monoisotopic (exact) mass is 308 g/mol. The summed E-state index contributed by atoms with van der Waals surface area (Å²) < 4.78 is 21.0. The van der Waals surface area contributed by atoms with Crippen LogP contribution in [0.25, 0.3) is 6.08 Å². The van der Waals surface area contributed by atoms with Crippen molar-refractivity contribution in [2.75, 3.05) is 27.9 Å². The van der Waals surface area contributed by atoms with Crippen LogP contribution in [0.15, 0.2) is 18.2 Å². The van der Waals surface area contributed by atoms with Gasteiger partial charge >= 0.3 is 5.97 Å². The third kappa shape index (κ3) is 4.98. The zero-order valence-electron chi connectivity index (χ0n) is 13.8. The molecule has 0 radical (unpaired) electrons. The topological polar surface area (TPSA) is 54.0 Å². The number of hydrogen-bond acceptors (Lipinski definition) is 5. The second kappa shape index (κ2) is 8.97. The van der Waals surface area contributed by atoms with Gasteiger partial charge in [0.15, 0.2) is 11.5 Å². The number of methoxy groups -OCH3 is 3. The minimum Gasteiger partial charge on any atom is -0.493 e. The molecule has 0 aromatic heterocycles. The summed E-state index contributed by atoms with van der Waals surface area (Å²) in [7, 11) is 4.63. The van der Waals surface area contributed by atoms with E-state index in [1.165, 1.54) is 20.3 Å². The number of hydrogen-bond donors (Lipinski definition) is 0. The van der Waals surface area contributed by atoms with E-state index in [1.54, 1.807) is 25.3 Å². The van der Waals surface area contributed by atoms with Crippen molar-refractivity contribution in [2.45, 2.75) is 20.3 Å². The molecule has 0 aliphatic rings. The number of carbonyl (C=O) groups is 1. The Hall–Kier alpha value is -2.17. The van der Waals surface area contributed by atoms with Gasteiger partial charge in [-0.2, -0.15) is 0 Å². The van der Waals surface area contributed by atoms with Gasteiger partial charge in [0.25, 0.3) is 0 Å². The highest BCUT2D eigenvalue weighted by atomic mass is 16.5. The Morgan fingerprint density at radius 1 is 1.09 bits per heavy atom. The highest BCUT2D eigenvalue weighted by Gasteiger charge is 2.14. The van der Waals surface area contributed by atoms with Gasteiger partial charge in [0, 0.05) is 11.6 Å². The summed E-state index contributed by atoms with van der Waals surface area (Å²) in [4.78, 5) is 11.7. The Bertz CT molecular complexity index is 520. The first-order chi connectivity index (χ1) is 10.5. The first-order valence-corrected chi connectivity index (χ1v) is 7.17. The van der Waals surface area contributed by atoms with E-state index in [4.69, 9.17) is 18.9 Å². The van der Waals surface area contributed by atoms with Crippen LogP contribution in [0.4, 0.5) is 0 Å². The number of esters is 1. The smallest absolute Gasteiger partial charge is 0.330 e. The molecule has 1 rings (SSSR count). The van der Waals surface area contributed by atoms with Crippen molar-refractivity contribution in [3.8, 4) is 17.2 Å². The molecular formula is C17H24O5. The molecule has 0 unspecified atom stereocenters. The summed E-state index contributed by atoms with van der Waals surface area (Å²) in [5.41, 5.74) is 0.709. The van der Waals surface area contributed by atoms with Crippen LogP contribution >= 0.6 is 0 Å². The van der Waals surface area contributed by atoms with E-state index < -0.39 is 0 Å². The van der Waals surface area contributed by atoms with Crippen LogP contribution in [0.5, 0.6) is 17.2 Å². The molecule has 0 amide bonds. The molecule has 0 spiro atoms. The van der Waals surface area contributed by atoms with Gasteiger partial charge in [-0.25, -0.2) is 4.79 Å². The summed E-state index contributed by atoms with van der Waals surface area (Å²) in [6.45, 7) is 4.58. The molecule has 0 heterocycles. The van der Waals surface area contributed by atoms with Gasteiger partial charge in [-0.15, -0.1) is 0 Å². The zero-order chi connectivity index (χ0) is 16.5. The van der Waals surface area contributed by atoms with Crippen LogP contribution in [-0.4, -0.2) is 33.9 Å². The highest BCUT2D eigenvalue weighted by Crippen LogP contribution is 2.40. The van der Waals surface area contributed by atoms with E-state index in [0.29, 0.717) is 35.3 Å². The number of rotatable bonds is 8. The third-order valence-corrected chi connectivity index (χ3v) is 3.07. The quantitative estimate of drug-likeness (QED) is 0.545. The second-order valence-electron chi connectivity index (χ2n) is 5.11. The van der Waals surface area contributed by atoms with Crippen molar-refractivity contribution < 1.29 is 23.7 Å². The van der Waals surface area contributed by atoms with Crippen molar-refractivity contribution in [3.63, 3.8) is 0 Å². The summed E-state index contributed by atoms with van der Waals surface area (Å²) in [6.07, 6.45) is 3.86. The molecule has 0 aliphatic carbocycles. The summed E-state index contributed by atoms with van der Waals surface area (Å²) in [5, 5.41) is 0. The van der Waals surface area contributed by atoms with Gasteiger partial charge in [-0.05, 0) is 30.5 Å². The first kappa shape index (κ1) is 17.9. The maximum Gasteiger partial charge on any atom is 0.330 e. The lowest BCUT2D eigenvalue weighted by molar-refractivity contribution is -0.137. The summed E-state index contributed by atoms with van der Waals surface area (Å²) in [5.74, 6) is 1.68. The Labute approximate surface area is 131 Å². The van der Waals surface area contributed by atoms with E-state index >= 15 is 0 Å². The van der Waals surface area contributed by atoms with Gasteiger partial charge in [-0.3, -0.25) is 0 Å². The predicted molar refractivity (Wildman–Crippen MR) is 85.5 cm³/mol. The average Bonchev–Trinajstić information content (AvgIpc) is 2.51. The molecule has 1 aromatic carbocycles. The maximum atomic E-state index is 11.7.